The Bertz CT molecular complexity index is 395. The predicted molar refractivity (Wildman–Crippen MR) is 60.9 cm³/mol. The van der Waals surface area contributed by atoms with Crippen LogP contribution in [-0.4, -0.2) is 63.8 Å². The first-order valence-corrected chi connectivity index (χ1v) is 5.60. The van der Waals surface area contributed by atoms with E-state index in [1.165, 1.54) is 0 Å². The summed E-state index contributed by atoms with van der Waals surface area (Å²) < 4.78 is 5.35. The smallest absolute Gasteiger partial charge is 0.246 e. The van der Waals surface area contributed by atoms with E-state index in [-0.39, 0.29) is 13.2 Å². The maximum atomic E-state index is 11.1. The topological polar surface area (TPSA) is 116 Å². The van der Waals surface area contributed by atoms with Crippen molar-refractivity contribution in [2.45, 2.75) is 24.5 Å². The number of hydrogen-bond acceptors (Lipinski definition) is 6. The molecule has 4 atom stereocenters. The molecular weight excluding hydrogens is 240 g/mol. The number of aliphatic hydroxyl groups excluding tert-OH is 3. The van der Waals surface area contributed by atoms with Crippen molar-refractivity contribution in [1.82, 2.24) is 4.90 Å². The second-order valence-corrected chi connectivity index (χ2v) is 4.30. The fraction of sp³-hybridized carbons (Fsp3) is 0.545. The van der Waals surface area contributed by atoms with Gasteiger partial charge in [-0.05, 0) is 6.08 Å². The SMILES string of the molecule is NC(=O)C1=CC=CN(C2O[C@H](CO)[C@@H](O)[C@H]2O)C1. The molecule has 0 aromatic rings. The van der Waals surface area contributed by atoms with E-state index in [1.807, 2.05) is 0 Å². The second kappa shape index (κ2) is 5.07. The lowest BCUT2D eigenvalue weighted by molar-refractivity contribution is -0.115. The first kappa shape index (κ1) is 13.0. The van der Waals surface area contributed by atoms with E-state index in [0.717, 1.165) is 0 Å². The molecule has 5 N–H and O–H groups in total. The molecule has 0 bridgehead atoms. The number of carbonyl (C=O) groups is 1. The first-order chi connectivity index (χ1) is 8.54. The van der Waals surface area contributed by atoms with E-state index in [0.29, 0.717) is 5.57 Å². The molecule has 0 radical (unpaired) electrons. The van der Waals surface area contributed by atoms with Crippen molar-refractivity contribution in [2.75, 3.05) is 13.2 Å². The van der Waals surface area contributed by atoms with Crippen LogP contribution < -0.4 is 5.73 Å². The predicted octanol–water partition coefficient (Wildman–Crippen LogP) is -2.33. The average molecular weight is 256 g/mol. The summed E-state index contributed by atoms with van der Waals surface area (Å²) in [4.78, 5) is 12.6. The lowest BCUT2D eigenvalue weighted by Crippen LogP contribution is -2.43. The van der Waals surface area contributed by atoms with E-state index >= 15 is 0 Å². The minimum absolute atomic E-state index is 0.193. The van der Waals surface area contributed by atoms with Gasteiger partial charge in [-0.15, -0.1) is 0 Å². The van der Waals surface area contributed by atoms with Crippen molar-refractivity contribution in [1.29, 1.82) is 0 Å². The van der Waals surface area contributed by atoms with E-state index in [1.54, 1.807) is 23.3 Å². The normalized spacial score (nSPS) is 35.7. The van der Waals surface area contributed by atoms with Gasteiger partial charge in [0.25, 0.3) is 0 Å². The molecule has 0 spiro atoms. The third-order valence-corrected chi connectivity index (χ3v) is 3.09. The lowest BCUT2D eigenvalue weighted by atomic mass is 10.1. The van der Waals surface area contributed by atoms with Crippen LogP contribution in [0.1, 0.15) is 0 Å². The average Bonchev–Trinajstić information content (AvgIpc) is 2.66. The Morgan fingerprint density at radius 2 is 2.22 bits per heavy atom. The van der Waals surface area contributed by atoms with E-state index in [9.17, 15) is 15.0 Å². The van der Waals surface area contributed by atoms with Crippen LogP contribution >= 0.6 is 0 Å². The van der Waals surface area contributed by atoms with E-state index in [4.69, 9.17) is 15.6 Å². The van der Waals surface area contributed by atoms with Gasteiger partial charge in [-0.3, -0.25) is 4.79 Å². The number of aliphatic hydroxyl groups is 3. The van der Waals surface area contributed by atoms with Gasteiger partial charge >= 0.3 is 0 Å². The summed E-state index contributed by atoms with van der Waals surface area (Å²) >= 11 is 0. The van der Waals surface area contributed by atoms with Crippen LogP contribution in [0.4, 0.5) is 0 Å². The molecule has 100 valence electrons. The Labute approximate surface area is 104 Å². The first-order valence-electron chi connectivity index (χ1n) is 5.60. The van der Waals surface area contributed by atoms with Gasteiger partial charge in [-0.1, -0.05) is 6.08 Å². The van der Waals surface area contributed by atoms with Gasteiger partial charge in [0.05, 0.1) is 13.2 Å². The molecule has 1 unspecified atom stereocenters. The molecule has 1 amide bonds. The van der Waals surface area contributed by atoms with Gasteiger partial charge in [-0.25, -0.2) is 0 Å². The summed E-state index contributed by atoms with van der Waals surface area (Å²) in [6.07, 6.45) is 0.874. The van der Waals surface area contributed by atoms with Gasteiger partial charge in [0.2, 0.25) is 5.91 Å². The van der Waals surface area contributed by atoms with Crippen LogP contribution in [-0.2, 0) is 9.53 Å². The molecule has 0 aromatic heterocycles. The number of primary amides is 1. The van der Waals surface area contributed by atoms with Crippen LogP contribution in [0.3, 0.4) is 0 Å². The van der Waals surface area contributed by atoms with Gasteiger partial charge < -0.3 is 30.7 Å². The third kappa shape index (κ3) is 2.25. The fourth-order valence-electron chi connectivity index (χ4n) is 2.06. The molecule has 18 heavy (non-hydrogen) atoms. The van der Waals surface area contributed by atoms with Crippen molar-refractivity contribution in [3.8, 4) is 0 Å². The molecule has 2 rings (SSSR count). The maximum absolute atomic E-state index is 11.1. The van der Waals surface area contributed by atoms with Crippen molar-refractivity contribution >= 4 is 5.91 Å². The summed E-state index contributed by atoms with van der Waals surface area (Å²) in [5, 5.41) is 28.5. The molecule has 0 aromatic carbocycles. The fourth-order valence-corrected chi connectivity index (χ4v) is 2.06. The largest absolute Gasteiger partial charge is 0.394 e. The Hall–Kier alpha value is -1.41. The van der Waals surface area contributed by atoms with Gasteiger partial charge in [-0.2, -0.15) is 0 Å². The third-order valence-electron chi connectivity index (χ3n) is 3.09. The highest BCUT2D eigenvalue weighted by Crippen LogP contribution is 2.25. The number of ether oxygens (including phenoxy) is 1. The molecule has 7 heteroatoms. The highest BCUT2D eigenvalue weighted by molar-refractivity contribution is 5.92. The van der Waals surface area contributed by atoms with E-state index in [2.05, 4.69) is 0 Å². The molecule has 1 saturated heterocycles. The molecule has 2 aliphatic rings. The molecule has 2 aliphatic heterocycles. The highest BCUT2D eigenvalue weighted by atomic mass is 16.6. The van der Waals surface area contributed by atoms with Crippen molar-refractivity contribution in [3.63, 3.8) is 0 Å². The number of allylic oxidation sites excluding steroid dienone is 2. The van der Waals surface area contributed by atoms with Crippen LogP contribution in [0.2, 0.25) is 0 Å². The monoisotopic (exact) mass is 256 g/mol. The summed E-state index contributed by atoms with van der Waals surface area (Å²) in [5.41, 5.74) is 5.57. The number of nitrogens with two attached hydrogens (primary N) is 1. The van der Waals surface area contributed by atoms with Crippen LogP contribution in [0.25, 0.3) is 0 Å². The molecule has 0 aliphatic carbocycles. The van der Waals surface area contributed by atoms with Crippen molar-refractivity contribution in [2.24, 2.45) is 5.73 Å². The van der Waals surface area contributed by atoms with Crippen LogP contribution in [0.5, 0.6) is 0 Å². The Morgan fingerprint density at radius 3 is 2.78 bits per heavy atom. The molecule has 1 fully saturated rings. The molecule has 0 saturated carbocycles. The number of amides is 1. The number of carbonyl (C=O) groups excluding carboxylic acids is 1. The minimum Gasteiger partial charge on any atom is -0.394 e. The Morgan fingerprint density at radius 1 is 1.50 bits per heavy atom. The zero-order valence-electron chi connectivity index (χ0n) is 9.64. The number of rotatable bonds is 3. The van der Waals surface area contributed by atoms with Gasteiger partial charge in [0, 0.05) is 11.8 Å². The summed E-state index contributed by atoms with van der Waals surface area (Å²) in [7, 11) is 0. The van der Waals surface area contributed by atoms with Crippen molar-refractivity contribution < 1.29 is 24.9 Å². The van der Waals surface area contributed by atoms with Crippen LogP contribution in [0.15, 0.2) is 23.9 Å². The van der Waals surface area contributed by atoms with Gasteiger partial charge in [0.1, 0.15) is 18.3 Å². The zero-order chi connectivity index (χ0) is 13.3. The molecule has 2 heterocycles. The van der Waals surface area contributed by atoms with Crippen molar-refractivity contribution in [3.05, 3.63) is 23.9 Å². The molecular formula is C11H16N2O5. The van der Waals surface area contributed by atoms with Gasteiger partial charge in [0.15, 0.2) is 6.23 Å². The molecule has 7 nitrogen and oxygen atoms in total. The quantitative estimate of drug-likeness (QED) is 0.450. The Balaban J connectivity index is 2.08. The minimum atomic E-state index is -1.16. The number of nitrogens with zero attached hydrogens (tertiary/aromatic N) is 1. The highest BCUT2D eigenvalue weighted by Gasteiger charge is 2.44. The van der Waals surface area contributed by atoms with E-state index < -0.39 is 30.4 Å². The number of hydrogen-bond donors (Lipinski definition) is 4. The Kier molecular flexibility index (Phi) is 3.67. The van der Waals surface area contributed by atoms with Crippen LogP contribution in [0, 0.1) is 0 Å². The summed E-state index contributed by atoms with van der Waals surface area (Å²) in [5.74, 6) is -0.545. The lowest BCUT2D eigenvalue weighted by Gasteiger charge is -2.31. The standard InChI is InChI=1S/C11H16N2O5/c12-10(17)6-2-1-3-13(4-6)11-9(16)8(15)7(5-14)18-11/h1-3,7-9,11,14-16H,4-5H2,(H2,12,17)/t7-,8-,9-,11?/m1/s1. The maximum Gasteiger partial charge on any atom is 0.246 e. The zero-order valence-corrected chi connectivity index (χ0v) is 9.64. The summed E-state index contributed by atoms with van der Waals surface area (Å²) in [6.45, 7) is -0.191. The summed E-state index contributed by atoms with van der Waals surface area (Å²) in [6, 6.07) is 0. The second-order valence-electron chi connectivity index (χ2n) is 4.30.